The first-order chi connectivity index (χ1) is 9.86. The second-order valence-electron chi connectivity index (χ2n) is 4.70. The molecule has 0 aliphatic heterocycles. The first-order valence-corrected chi connectivity index (χ1v) is 8.31. The molecule has 0 fully saturated rings. The van der Waals surface area contributed by atoms with Crippen LogP contribution in [0, 0.1) is 6.92 Å². The van der Waals surface area contributed by atoms with Gasteiger partial charge in [-0.1, -0.05) is 23.8 Å². The molecule has 2 aromatic carbocycles. The Hall–Kier alpha value is -1.56. The van der Waals surface area contributed by atoms with Gasteiger partial charge in [-0.15, -0.1) is 11.6 Å². The lowest BCUT2D eigenvalue weighted by Gasteiger charge is -2.13. The van der Waals surface area contributed by atoms with Crippen LogP contribution < -0.4 is 9.88 Å². The van der Waals surface area contributed by atoms with Crippen molar-refractivity contribution >= 4 is 21.6 Å². The third kappa shape index (κ3) is 3.37. The smallest absolute Gasteiger partial charge is 0.238 e. The number of sulfonamides is 1. The van der Waals surface area contributed by atoms with E-state index < -0.39 is 10.0 Å². The Kier molecular flexibility index (Phi) is 4.56. The molecule has 2 N–H and O–H groups in total. The molecule has 2 rings (SSSR count). The highest BCUT2D eigenvalue weighted by molar-refractivity contribution is 7.89. The normalized spacial score (nSPS) is 11.4. The van der Waals surface area contributed by atoms with Crippen molar-refractivity contribution < 1.29 is 13.2 Å². The number of hydrogen-bond donors (Lipinski definition) is 1. The van der Waals surface area contributed by atoms with Crippen LogP contribution in [0.3, 0.4) is 0 Å². The van der Waals surface area contributed by atoms with Crippen LogP contribution in [0.4, 0.5) is 0 Å². The number of methoxy groups -OCH3 is 1. The van der Waals surface area contributed by atoms with Crippen molar-refractivity contribution in [3.05, 3.63) is 47.5 Å². The Labute approximate surface area is 129 Å². The van der Waals surface area contributed by atoms with Crippen molar-refractivity contribution in [3.63, 3.8) is 0 Å². The molecule has 0 aliphatic carbocycles. The molecule has 0 unspecified atom stereocenters. The van der Waals surface area contributed by atoms with Gasteiger partial charge in [0, 0.05) is 11.4 Å². The number of benzene rings is 2. The average molecular weight is 326 g/mol. The molecule has 6 heteroatoms. The van der Waals surface area contributed by atoms with E-state index >= 15 is 0 Å². The number of alkyl halides is 1. The van der Waals surface area contributed by atoms with Gasteiger partial charge in [-0.3, -0.25) is 0 Å². The number of primary sulfonamides is 1. The number of nitrogens with two attached hydrogens (primary N) is 1. The second-order valence-corrected chi connectivity index (χ2v) is 6.50. The van der Waals surface area contributed by atoms with Gasteiger partial charge < -0.3 is 4.74 Å². The van der Waals surface area contributed by atoms with Gasteiger partial charge in [0.25, 0.3) is 0 Å². The standard InChI is InChI=1S/C15H16ClNO3S/c1-10-3-6-15(21(17,18)19)14(7-10)13-5-4-12(20-2)8-11(13)9-16/h3-8H,9H2,1-2H3,(H2,17,18,19). The maximum absolute atomic E-state index is 11.8. The number of ether oxygens (including phenoxy) is 1. The quantitative estimate of drug-likeness (QED) is 0.878. The largest absolute Gasteiger partial charge is 0.497 e. The summed E-state index contributed by atoms with van der Waals surface area (Å²) < 4.78 is 28.7. The lowest BCUT2D eigenvalue weighted by molar-refractivity contribution is 0.414. The first-order valence-electron chi connectivity index (χ1n) is 6.23. The van der Waals surface area contributed by atoms with E-state index in [9.17, 15) is 8.42 Å². The van der Waals surface area contributed by atoms with Crippen molar-refractivity contribution in [1.29, 1.82) is 0 Å². The van der Waals surface area contributed by atoms with Crippen molar-refractivity contribution in [2.75, 3.05) is 7.11 Å². The minimum absolute atomic E-state index is 0.0876. The number of rotatable bonds is 4. The summed E-state index contributed by atoms with van der Waals surface area (Å²) in [6, 6.07) is 10.4. The molecule has 0 amide bonds. The molecular formula is C15H16ClNO3S. The van der Waals surface area contributed by atoms with E-state index in [1.807, 2.05) is 6.92 Å². The zero-order chi connectivity index (χ0) is 15.6. The molecule has 0 bridgehead atoms. The monoisotopic (exact) mass is 325 g/mol. The molecule has 0 saturated carbocycles. The van der Waals surface area contributed by atoms with Gasteiger partial charge in [0.1, 0.15) is 5.75 Å². The molecule has 0 saturated heterocycles. The van der Waals surface area contributed by atoms with Gasteiger partial charge >= 0.3 is 0 Å². The maximum atomic E-state index is 11.8. The molecule has 0 radical (unpaired) electrons. The topological polar surface area (TPSA) is 69.4 Å². The number of hydrogen-bond acceptors (Lipinski definition) is 3. The van der Waals surface area contributed by atoms with E-state index in [1.54, 1.807) is 37.4 Å². The predicted octanol–water partition coefficient (Wildman–Crippen LogP) is 3.06. The van der Waals surface area contributed by atoms with Crippen LogP contribution in [-0.4, -0.2) is 15.5 Å². The molecule has 21 heavy (non-hydrogen) atoms. The Morgan fingerprint density at radius 3 is 2.43 bits per heavy atom. The summed E-state index contributed by atoms with van der Waals surface area (Å²) in [4.78, 5) is 0.0876. The highest BCUT2D eigenvalue weighted by atomic mass is 35.5. The van der Waals surface area contributed by atoms with Crippen molar-refractivity contribution in [2.45, 2.75) is 17.7 Å². The fourth-order valence-electron chi connectivity index (χ4n) is 2.17. The average Bonchev–Trinajstić information content (AvgIpc) is 2.45. The summed E-state index contributed by atoms with van der Waals surface area (Å²) in [5, 5.41) is 5.31. The lowest BCUT2D eigenvalue weighted by Crippen LogP contribution is -2.13. The van der Waals surface area contributed by atoms with Gasteiger partial charge in [0.2, 0.25) is 10.0 Å². The zero-order valence-corrected chi connectivity index (χ0v) is 13.3. The second kappa shape index (κ2) is 6.05. The van der Waals surface area contributed by atoms with E-state index in [0.717, 1.165) is 16.7 Å². The van der Waals surface area contributed by atoms with Crippen molar-refractivity contribution in [2.24, 2.45) is 5.14 Å². The third-order valence-corrected chi connectivity index (χ3v) is 4.45. The fourth-order valence-corrected chi connectivity index (χ4v) is 3.13. The summed E-state index contributed by atoms with van der Waals surface area (Å²) in [6.45, 7) is 1.89. The lowest BCUT2D eigenvalue weighted by atomic mass is 9.98. The summed E-state index contributed by atoms with van der Waals surface area (Å²) in [6.07, 6.45) is 0. The van der Waals surface area contributed by atoms with E-state index in [-0.39, 0.29) is 10.8 Å². The molecule has 0 heterocycles. The van der Waals surface area contributed by atoms with Gasteiger partial charge in [0.15, 0.2) is 0 Å². The Morgan fingerprint density at radius 1 is 1.14 bits per heavy atom. The minimum atomic E-state index is -3.81. The van der Waals surface area contributed by atoms with Crippen LogP contribution in [-0.2, 0) is 15.9 Å². The Morgan fingerprint density at radius 2 is 1.86 bits per heavy atom. The molecule has 0 aromatic heterocycles. The predicted molar refractivity (Wildman–Crippen MR) is 84.1 cm³/mol. The van der Waals surface area contributed by atoms with E-state index in [1.165, 1.54) is 6.07 Å². The van der Waals surface area contributed by atoms with Crippen molar-refractivity contribution in [3.8, 4) is 16.9 Å². The summed E-state index contributed by atoms with van der Waals surface area (Å²) in [5.41, 5.74) is 3.01. The SMILES string of the molecule is COc1ccc(-c2cc(C)ccc2S(N)(=O)=O)c(CCl)c1. The van der Waals surface area contributed by atoms with Gasteiger partial charge in [0.05, 0.1) is 12.0 Å². The van der Waals surface area contributed by atoms with E-state index in [0.29, 0.717) is 11.3 Å². The molecule has 112 valence electrons. The number of halogens is 1. The molecule has 0 aliphatic rings. The van der Waals surface area contributed by atoms with Crippen LogP contribution in [0.5, 0.6) is 5.75 Å². The first kappa shape index (κ1) is 15.8. The fraction of sp³-hybridized carbons (Fsp3) is 0.200. The number of aryl methyl sites for hydroxylation is 1. The Balaban J connectivity index is 2.75. The summed E-state index contributed by atoms with van der Waals surface area (Å²) >= 11 is 5.98. The Bertz CT molecular complexity index is 772. The molecule has 0 spiro atoms. The van der Waals surface area contributed by atoms with Crippen LogP contribution in [0.25, 0.3) is 11.1 Å². The molecular weight excluding hydrogens is 310 g/mol. The third-order valence-electron chi connectivity index (χ3n) is 3.19. The van der Waals surface area contributed by atoms with Crippen LogP contribution >= 0.6 is 11.6 Å². The van der Waals surface area contributed by atoms with E-state index in [2.05, 4.69) is 0 Å². The van der Waals surface area contributed by atoms with Gasteiger partial charge in [-0.25, -0.2) is 13.6 Å². The van der Waals surface area contributed by atoms with Gasteiger partial charge in [-0.2, -0.15) is 0 Å². The van der Waals surface area contributed by atoms with E-state index in [4.69, 9.17) is 21.5 Å². The molecule has 2 aromatic rings. The highest BCUT2D eigenvalue weighted by Gasteiger charge is 2.17. The zero-order valence-electron chi connectivity index (χ0n) is 11.8. The van der Waals surface area contributed by atoms with Crippen molar-refractivity contribution in [1.82, 2.24) is 0 Å². The summed E-state index contributed by atoms with van der Waals surface area (Å²) in [5.74, 6) is 0.907. The molecule has 0 atom stereocenters. The van der Waals surface area contributed by atoms with Crippen LogP contribution in [0.1, 0.15) is 11.1 Å². The summed E-state index contributed by atoms with van der Waals surface area (Å²) in [7, 11) is -2.25. The van der Waals surface area contributed by atoms with Crippen LogP contribution in [0.15, 0.2) is 41.3 Å². The minimum Gasteiger partial charge on any atom is -0.497 e. The highest BCUT2D eigenvalue weighted by Crippen LogP contribution is 2.33. The maximum Gasteiger partial charge on any atom is 0.238 e. The van der Waals surface area contributed by atoms with Crippen LogP contribution in [0.2, 0.25) is 0 Å². The van der Waals surface area contributed by atoms with Gasteiger partial charge in [-0.05, 0) is 36.2 Å². The molecule has 4 nitrogen and oxygen atoms in total.